The molecule has 7 heteroatoms. The number of methoxy groups -OCH3 is 1. The van der Waals surface area contributed by atoms with Crippen molar-refractivity contribution in [2.75, 3.05) is 12.8 Å². The van der Waals surface area contributed by atoms with Crippen molar-refractivity contribution in [2.24, 2.45) is 0 Å². The average Bonchev–Trinajstić information content (AvgIpc) is 2.75. The minimum Gasteiger partial charge on any atom is -0.490 e. The molecule has 7 nitrogen and oxygen atoms in total. The number of oxazole rings is 1. The van der Waals surface area contributed by atoms with Crippen LogP contribution in [0, 0.1) is 10.1 Å². The fourth-order valence-corrected chi connectivity index (χ4v) is 1.41. The predicted octanol–water partition coefficient (Wildman–Crippen LogP) is 1.84. The van der Waals surface area contributed by atoms with Crippen molar-refractivity contribution in [3.8, 4) is 17.1 Å². The summed E-state index contributed by atoms with van der Waals surface area (Å²) in [6.45, 7) is 0. The highest BCUT2D eigenvalue weighted by Gasteiger charge is 2.17. The van der Waals surface area contributed by atoms with Crippen molar-refractivity contribution >= 4 is 11.7 Å². The molecule has 0 fully saturated rings. The molecule has 0 spiro atoms. The summed E-state index contributed by atoms with van der Waals surface area (Å²) in [6.07, 6.45) is 1.40. The van der Waals surface area contributed by atoms with Gasteiger partial charge in [-0.3, -0.25) is 10.1 Å². The average molecular weight is 235 g/mol. The molecule has 0 radical (unpaired) electrons. The van der Waals surface area contributed by atoms with Gasteiger partial charge in [0.2, 0.25) is 0 Å². The van der Waals surface area contributed by atoms with Gasteiger partial charge in [-0.05, 0) is 12.1 Å². The van der Waals surface area contributed by atoms with E-state index in [1.807, 2.05) is 0 Å². The van der Waals surface area contributed by atoms with Crippen molar-refractivity contribution in [3.05, 3.63) is 34.5 Å². The van der Waals surface area contributed by atoms with Gasteiger partial charge in [0.15, 0.2) is 11.5 Å². The summed E-state index contributed by atoms with van der Waals surface area (Å²) in [5.74, 6) is 0.555. The summed E-state index contributed by atoms with van der Waals surface area (Å²) in [6, 6.07) is 4.48. The number of nitrogens with zero attached hydrogens (tertiary/aromatic N) is 2. The second-order valence-electron chi connectivity index (χ2n) is 3.21. The molecule has 1 aromatic carbocycles. The second-order valence-corrected chi connectivity index (χ2v) is 3.21. The van der Waals surface area contributed by atoms with E-state index >= 15 is 0 Å². The second kappa shape index (κ2) is 4.12. The summed E-state index contributed by atoms with van der Waals surface area (Å²) in [4.78, 5) is 14.0. The first-order valence-corrected chi connectivity index (χ1v) is 4.66. The van der Waals surface area contributed by atoms with Crippen LogP contribution in [0.25, 0.3) is 11.3 Å². The number of nitrogen functional groups attached to an aromatic ring is 1. The maximum atomic E-state index is 10.8. The lowest BCUT2D eigenvalue weighted by Gasteiger charge is -2.02. The van der Waals surface area contributed by atoms with Crippen LogP contribution in [0.5, 0.6) is 5.75 Å². The molecule has 17 heavy (non-hydrogen) atoms. The number of benzene rings is 1. The highest BCUT2D eigenvalue weighted by Crippen LogP contribution is 2.32. The molecule has 2 aromatic rings. The summed E-state index contributed by atoms with van der Waals surface area (Å²) in [5, 5.41) is 10.8. The Morgan fingerprint density at radius 1 is 1.53 bits per heavy atom. The van der Waals surface area contributed by atoms with Crippen LogP contribution >= 0.6 is 0 Å². The number of nitro benzene ring substituents is 1. The normalized spacial score (nSPS) is 10.2. The molecule has 2 N–H and O–H groups in total. The Kier molecular flexibility index (Phi) is 2.65. The lowest BCUT2D eigenvalue weighted by Crippen LogP contribution is -1.93. The van der Waals surface area contributed by atoms with E-state index in [4.69, 9.17) is 14.9 Å². The first-order valence-electron chi connectivity index (χ1n) is 4.66. The molecule has 0 saturated carbocycles. The zero-order valence-electron chi connectivity index (χ0n) is 8.91. The molecule has 0 aliphatic heterocycles. The Balaban J connectivity index is 2.50. The monoisotopic (exact) mass is 235 g/mol. The van der Waals surface area contributed by atoms with E-state index < -0.39 is 4.92 Å². The summed E-state index contributed by atoms with van der Waals surface area (Å²) >= 11 is 0. The maximum absolute atomic E-state index is 10.8. The Morgan fingerprint density at radius 3 is 2.82 bits per heavy atom. The van der Waals surface area contributed by atoms with Crippen molar-refractivity contribution < 1.29 is 14.1 Å². The third-order valence-corrected chi connectivity index (χ3v) is 2.18. The number of hydrogen-bond donors (Lipinski definition) is 1. The first kappa shape index (κ1) is 10.9. The van der Waals surface area contributed by atoms with Crippen molar-refractivity contribution in [2.45, 2.75) is 0 Å². The Labute approximate surface area is 96.0 Å². The quantitative estimate of drug-likeness (QED) is 0.642. The molecular formula is C10H9N3O4. The number of aromatic nitrogens is 1. The molecule has 0 atom stereocenters. The van der Waals surface area contributed by atoms with Gasteiger partial charge in [-0.25, -0.2) is 4.98 Å². The minimum absolute atomic E-state index is 0.0125. The molecule has 0 amide bonds. The molecule has 1 aromatic heterocycles. The van der Waals surface area contributed by atoms with Gasteiger partial charge in [0.1, 0.15) is 0 Å². The van der Waals surface area contributed by atoms with Crippen molar-refractivity contribution in [1.82, 2.24) is 4.98 Å². The zero-order chi connectivity index (χ0) is 12.4. The van der Waals surface area contributed by atoms with E-state index in [0.717, 1.165) is 0 Å². The predicted molar refractivity (Wildman–Crippen MR) is 59.6 cm³/mol. The van der Waals surface area contributed by atoms with Gasteiger partial charge in [-0.15, -0.1) is 0 Å². The van der Waals surface area contributed by atoms with E-state index in [9.17, 15) is 10.1 Å². The third kappa shape index (κ3) is 2.03. The summed E-state index contributed by atoms with van der Waals surface area (Å²) < 4.78 is 9.97. The Morgan fingerprint density at radius 2 is 2.29 bits per heavy atom. The van der Waals surface area contributed by atoms with Crippen LogP contribution in [0.15, 0.2) is 28.8 Å². The minimum atomic E-state index is -0.526. The van der Waals surface area contributed by atoms with Gasteiger partial charge in [0, 0.05) is 11.6 Å². The van der Waals surface area contributed by atoms with Crippen LogP contribution < -0.4 is 10.5 Å². The number of anilines is 1. The van der Waals surface area contributed by atoms with Crippen LogP contribution in [-0.2, 0) is 0 Å². The highest BCUT2D eigenvalue weighted by atomic mass is 16.6. The molecule has 0 aliphatic rings. The number of ether oxygens (including phenoxy) is 1. The van der Waals surface area contributed by atoms with Crippen LogP contribution in [-0.4, -0.2) is 17.0 Å². The lowest BCUT2D eigenvalue weighted by atomic mass is 10.1. The van der Waals surface area contributed by atoms with Crippen LogP contribution in [0.4, 0.5) is 11.7 Å². The molecule has 2 rings (SSSR count). The molecule has 0 unspecified atom stereocenters. The van der Waals surface area contributed by atoms with Gasteiger partial charge >= 0.3 is 5.69 Å². The van der Waals surface area contributed by atoms with Gasteiger partial charge in [0.25, 0.3) is 6.01 Å². The number of nitro groups is 1. The van der Waals surface area contributed by atoms with E-state index in [0.29, 0.717) is 11.3 Å². The topological polar surface area (TPSA) is 104 Å². The molecule has 1 heterocycles. The largest absolute Gasteiger partial charge is 0.490 e. The van der Waals surface area contributed by atoms with E-state index in [1.165, 1.54) is 25.4 Å². The third-order valence-electron chi connectivity index (χ3n) is 2.18. The fourth-order valence-electron chi connectivity index (χ4n) is 1.41. The van der Waals surface area contributed by atoms with Crippen molar-refractivity contribution in [3.63, 3.8) is 0 Å². The van der Waals surface area contributed by atoms with E-state index in [-0.39, 0.29) is 17.5 Å². The number of rotatable bonds is 3. The fraction of sp³-hybridized carbons (Fsp3) is 0.100. The first-order chi connectivity index (χ1) is 8.11. The van der Waals surface area contributed by atoms with Gasteiger partial charge in [0.05, 0.1) is 18.2 Å². The number of hydrogen-bond acceptors (Lipinski definition) is 6. The molecule has 0 saturated heterocycles. The molecular weight excluding hydrogens is 226 g/mol. The van der Waals surface area contributed by atoms with E-state index in [2.05, 4.69) is 4.98 Å². The van der Waals surface area contributed by atoms with E-state index in [1.54, 1.807) is 6.07 Å². The lowest BCUT2D eigenvalue weighted by molar-refractivity contribution is -0.385. The van der Waals surface area contributed by atoms with Gasteiger partial charge in [-0.2, -0.15) is 0 Å². The molecule has 88 valence electrons. The highest BCUT2D eigenvalue weighted by molar-refractivity contribution is 5.64. The molecule has 0 bridgehead atoms. The molecule has 0 aliphatic carbocycles. The smallest absolute Gasteiger partial charge is 0.311 e. The Hall–Kier alpha value is -2.57. The van der Waals surface area contributed by atoms with Gasteiger partial charge in [-0.1, -0.05) is 0 Å². The van der Waals surface area contributed by atoms with Gasteiger partial charge < -0.3 is 14.9 Å². The summed E-state index contributed by atoms with van der Waals surface area (Å²) in [7, 11) is 1.37. The van der Waals surface area contributed by atoms with Crippen LogP contribution in [0.1, 0.15) is 0 Å². The SMILES string of the molecule is COc1ccc(-c2cnc(N)o2)cc1[N+](=O)[O-]. The Bertz CT molecular complexity index is 564. The van der Waals surface area contributed by atoms with Crippen LogP contribution in [0.3, 0.4) is 0 Å². The summed E-state index contributed by atoms with van der Waals surface area (Å²) in [5.41, 5.74) is 5.71. The van der Waals surface area contributed by atoms with Crippen molar-refractivity contribution in [1.29, 1.82) is 0 Å². The standard InChI is InChI=1S/C10H9N3O4/c1-16-8-3-2-6(4-7(8)13(14)15)9-5-12-10(11)17-9/h2-5H,1H3,(H2,11,12). The number of nitrogens with two attached hydrogens (primary N) is 1. The maximum Gasteiger partial charge on any atom is 0.311 e. The zero-order valence-corrected chi connectivity index (χ0v) is 8.91. The van der Waals surface area contributed by atoms with Crippen LogP contribution in [0.2, 0.25) is 0 Å².